The third-order valence-electron chi connectivity index (χ3n) is 23.1. The average Bonchev–Trinajstić information content (AvgIpc) is 1.48. The Bertz CT molecular complexity index is 7380. The quantitative estimate of drug-likeness (QED) is 0.112. The fourth-order valence-electron chi connectivity index (χ4n) is 17.6. The molecular weight excluding hydrogens is 1430 g/mol. The number of hydrogen-bond donors (Lipinski definition) is 0. The Morgan fingerprint density at radius 2 is 0.570 bits per heavy atom. The largest absolute Gasteiger partial charge is 0.417 e. The SMILES string of the molecule is [C-]#[N+]c1ccc(-c2cc(-c3c(C)c(C)c(C#N)c(C)c3C(F)(F)F)ccc2-n2c3ccccc3c3ccc(C)cc32)c(-n2c3ccccc3c3ccc(C)cc32)c1.[C-]#[N+]c1ccc(-n2c3ccccc3c3ccc(C)cc32)c(-c2cc(-c3c(C)c(C)c(C#N)c(C)c3C(F)(F)F)ccc2-n2c3ccccc3c3ccc(C)cc32)c1. The minimum atomic E-state index is -4.73. The molecule has 0 unspecified atom stereocenters. The molecule has 0 aliphatic carbocycles. The molecule has 0 aliphatic rings. The molecule has 0 saturated heterocycles. The normalized spacial score (nSPS) is 11.8. The van der Waals surface area contributed by atoms with Crippen molar-refractivity contribution in [3.63, 3.8) is 0 Å². The van der Waals surface area contributed by atoms with Crippen molar-refractivity contribution in [1.82, 2.24) is 18.3 Å². The topological polar surface area (TPSA) is 76.0 Å². The maximum atomic E-state index is 15.3. The molecule has 14 heteroatoms. The molecule has 8 nitrogen and oxygen atoms in total. The van der Waals surface area contributed by atoms with Crippen LogP contribution in [0.25, 0.3) is 164 Å². The van der Waals surface area contributed by atoms with Crippen molar-refractivity contribution in [2.45, 2.75) is 81.6 Å². The van der Waals surface area contributed by atoms with Gasteiger partial charge in [0.15, 0.2) is 11.4 Å². The van der Waals surface area contributed by atoms with Crippen LogP contribution in [0.4, 0.5) is 37.7 Å². The van der Waals surface area contributed by atoms with Crippen LogP contribution < -0.4 is 0 Å². The lowest BCUT2D eigenvalue weighted by Crippen LogP contribution is -2.14. The molecule has 0 amide bonds. The van der Waals surface area contributed by atoms with Gasteiger partial charge in [-0.05, 0) is 244 Å². The fraction of sp³-hybridized carbons (Fsp3) is 0.120. The van der Waals surface area contributed by atoms with Gasteiger partial charge in [-0.25, -0.2) is 9.69 Å². The molecule has 14 aromatic carbocycles. The molecule has 4 aromatic heterocycles. The number of fused-ring (bicyclic) bond motifs is 12. The zero-order valence-corrected chi connectivity index (χ0v) is 63.9. The highest BCUT2D eigenvalue weighted by Crippen LogP contribution is 2.52. The van der Waals surface area contributed by atoms with Crippen LogP contribution >= 0.6 is 0 Å². The predicted octanol–water partition coefficient (Wildman–Crippen LogP) is 28.4. The van der Waals surface area contributed by atoms with Crippen LogP contribution in [-0.4, -0.2) is 18.3 Å². The number of alkyl halides is 6. The summed E-state index contributed by atoms with van der Waals surface area (Å²) < 4.78 is 100. The van der Waals surface area contributed by atoms with Gasteiger partial charge in [0.2, 0.25) is 0 Å². The summed E-state index contributed by atoms with van der Waals surface area (Å²) in [5.41, 5.74) is 19.5. The van der Waals surface area contributed by atoms with Gasteiger partial charge in [-0.15, -0.1) is 0 Å². The van der Waals surface area contributed by atoms with Gasteiger partial charge in [0.1, 0.15) is 0 Å². The zero-order chi connectivity index (χ0) is 79.8. The van der Waals surface area contributed by atoms with Crippen LogP contribution in [0.1, 0.15) is 77.9 Å². The Hall–Kier alpha value is -14.2. The lowest BCUT2D eigenvalue weighted by Gasteiger charge is -2.24. The zero-order valence-electron chi connectivity index (χ0n) is 63.9. The van der Waals surface area contributed by atoms with Crippen molar-refractivity contribution in [1.29, 1.82) is 10.5 Å². The first kappa shape index (κ1) is 72.7. The lowest BCUT2D eigenvalue weighted by atomic mass is 9.84. The van der Waals surface area contributed by atoms with Gasteiger partial charge in [0.25, 0.3) is 0 Å². The number of nitriles is 2. The predicted molar refractivity (Wildman–Crippen MR) is 451 cm³/mol. The highest BCUT2D eigenvalue weighted by molar-refractivity contribution is 6.14. The van der Waals surface area contributed by atoms with E-state index < -0.39 is 23.5 Å². The number of nitrogens with zero attached hydrogens (tertiary/aromatic N) is 8. The molecule has 0 fully saturated rings. The van der Waals surface area contributed by atoms with Gasteiger partial charge in [0, 0.05) is 65.5 Å². The summed E-state index contributed by atoms with van der Waals surface area (Å²) in [7, 11) is 0. The van der Waals surface area contributed by atoms with E-state index in [0.717, 1.165) is 138 Å². The van der Waals surface area contributed by atoms with E-state index in [9.17, 15) is 10.5 Å². The fourth-order valence-corrected chi connectivity index (χ4v) is 17.6. The van der Waals surface area contributed by atoms with E-state index in [1.165, 1.54) is 13.8 Å². The Kier molecular flexibility index (Phi) is 17.5. The molecule has 114 heavy (non-hydrogen) atoms. The molecule has 552 valence electrons. The molecule has 18 rings (SSSR count). The first-order valence-corrected chi connectivity index (χ1v) is 37.4. The minimum Gasteiger partial charge on any atom is -0.310 e. The van der Waals surface area contributed by atoms with E-state index >= 15 is 26.3 Å². The lowest BCUT2D eigenvalue weighted by molar-refractivity contribution is -0.138. The molecule has 0 aliphatic heterocycles. The van der Waals surface area contributed by atoms with Crippen molar-refractivity contribution in [2.24, 2.45) is 0 Å². The highest BCUT2D eigenvalue weighted by Gasteiger charge is 2.41. The van der Waals surface area contributed by atoms with Crippen molar-refractivity contribution >= 4 is 98.6 Å². The Balaban J connectivity index is 0.000000165. The average molecular weight is 1500 g/mol. The second-order valence-electron chi connectivity index (χ2n) is 29.8. The molecule has 0 spiro atoms. The first-order chi connectivity index (χ1) is 54.8. The van der Waals surface area contributed by atoms with Crippen LogP contribution in [0.2, 0.25) is 0 Å². The molecule has 4 heterocycles. The number of halogens is 6. The third kappa shape index (κ3) is 11.5. The Labute approximate surface area is 654 Å². The van der Waals surface area contributed by atoms with Gasteiger partial charge in [-0.1, -0.05) is 152 Å². The van der Waals surface area contributed by atoms with Gasteiger partial charge in [0.05, 0.1) is 109 Å². The molecule has 0 bridgehead atoms. The van der Waals surface area contributed by atoms with Crippen LogP contribution in [0.3, 0.4) is 0 Å². The minimum absolute atomic E-state index is 0.0368. The number of aromatic nitrogens is 4. The van der Waals surface area contributed by atoms with Crippen LogP contribution in [0.15, 0.2) is 243 Å². The van der Waals surface area contributed by atoms with Crippen LogP contribution in [0, 0.1) is 105 Å². The van der Waals surface area contributed by atoms with E-state index in [2.05, 4.69) is 156 Å². The maximum Gasteiger partial charge on any atom is 0.417 e. The summed E-state index contributed by atoms with van der Waals surface area (Å²) in [5.74, 6) is 0. The van der Waals surface area contributed by atoms with E-state index in [0.29, 0.717) is 61.4 Å². The van der Waals surface area contributed by atoms with Crippen LogP contribution in [-0.2, 0) is 12.4 Å². The standard InChI is InChI=1S/2C50H35F3N4/c1-28-15-19-37-35-11-7-9-13-42(35)56(45(37)23-28)44-22-17-33(48-31(4)30(3)41(27-54)32(5)49(48)50(51,52)53)25-40(44)39-21-18-34(55-6)26-47(39)57-43-14-10-8-12-36(43)38-20-16-29(2)24-46(38)57;1-28-15-19-37-35-11-7-9-13-42(35)56(46(37)23-28)44-21-17-33(48-31(4)30(3)41(27-54)32(5)49(48)50(51,52)53)25-39(44)40-26-34(55-6)18-22-45(40)57-43-14-10-8-12-36(43)38-20-16-29(2)24-47(38)57/h2*7-26H,1-5H3. The highest BCUT2D eigenvalue weighted by atomic mass is 19.4. The van der Waals surface area contributed by atoms with Crippen molar-refractivity contribution in [3.05, 3.63) is 343 Å². The summed E-state index contributed by atoms with van der Waals surface area (Å²) in [6.07, 6.45) is -9.46. The Morgan fingerprint density at radius 1 is 0.281 bits per heavy atom. The monoisotopic (exact) mass is 1500 g/mol. The van der Waals surface area contributed by atoms with Crippen molar-refractivity contribution in [2.75, 3.05) is 0 Å². The van der Waals surface area contributed by atoms with E-state index in [1.54, 1.807) is 52.0 Å². The molecular formula is C100H70F6N8. The van der Waals surface area contributed by atoms with Crippen molar-refractivity contribution < 1.29 is 26.3 Å². The summed E-state index contributed by atoms with van der Waals surface area (Å²) in [6.45, 7) is 33.9. The first-order valence-electron chi connectivity index (χ1n) is 37.4. The number of para-hydroxylation sites is 4. The third-order valence-corrected chi connectivity index (χ3v) is 23.1. The summed E-state index contributed by atoms with van der Waals surface area (Å²) in [6, 6.07) is 84.4. The van der Waals surface area contributed by atoms with Gasteiger partial charge < -0.3 is 18.3 Å². The number of rotatable bonds is 8. The number of aryl methyl sites for hydroxylation is 4. The van der Waals surface area contributed by atoms with Gasteiger partial charge in [-0.2, -0.15) is 36.9 Å². The second-order valence-corrected chi connectivity index (χ2v) is 29.8. The summed E-state index contributed by atoms with van der Waals surface area (Å²) in [4.78, 5) is 7.71. The molecule has 0 atom stereocenters. The summed E-state index contributed by atoms with van der Waals surface area (Å²) >= 11 is 0. The van der Waals surface area contributed by atoms with Gasteiger partial charge >= 0.3 is 12.4 Å². The van der Waals surface area contributed by atoms with Gasteiger partial charge in [-0.3, -0.25) is 0 Å². The molecule has 0 radical (unpaired) electrons. The maximum absolute atomic E-state index is 15.3. The second kappa shape index (κ2) is 27.4. The molecule has 18 aromatic rings. The summed E-state index contributed by atoms with van der Waals surface area (Å²) in [5, 5.41) is 28.4. The van der Waals surface area contributed by atoms with Crippen LogP contribution in [0.5, 0.6) is 0 Å². The number of hydrogen-bond acceptors (Lipinski definition) is 2. The number of benzene rings is 14. The van der Waals surface area contributed by atoms with E-state index in [1.807, 2.05) is 130 Å². The smallest absolute Gasteiger partial charge is 0.310 e. The Morgan fingerprint density at radius 3 is 0.904 bits per heavy atom. The van der Waals surface area contributed by atoms with E-state index in [-0.39, 0.29) is 33.4 Å². The van der Waals surface area contributed by atoms with Crippen molar-refractivity contribution in [3.8, 4) is 79.4 Å². The van der Waals surface area contributed by atoms with E-state index in [4.69, 9.17) is 13.1 Å². The molecule has 0 N–H and O–H groups in total. The molecule has 0 saturated carbocycles.